The molecule has 1 aliphatic rings. The van der Waals surface area contributed by atoms with Crippen LogP contribution in [-0.4, -0.2) is 40.8 Å². The van der Waals surface area contributed by atoms with Crippen LogP contribution >= 0.6 is 0 Å². The van der Waals surface area contributed by atoms with Crippen LogP contribution in [0.5, 0.6) is 0 Å². The van der Waals surface area contributed by atoms with Crippen LogP contribution in [0, 0.1) is 0 Å². The third kappa shape index (κ3) is 3.08. The number of rotatable bonds is 4. The zero-order valence-corrected chi connectivity index (χ0v) is 14.4. The van der Waals surface area contributed by atoms with E-state index in [0.717, 1.165) is 11.1 Å². The summed E-state index contributed by atoms with van der Waals surface area (Å²) < 4.78 is 27.5. The van der Waals surface area contributed by atoms with Crippen LogP contribution in [0.2, 0.25) is 0 Å². The Bertz CT molecular complexity index is 956. The molecule has 6 nitrogen and oxygen atoms in total. The van der Waals surface area contributed by atoms with E-state index in [2.05, 4.69) is 10.2 Å². The Morgan fingerprint density at radius 3 is 2.40 bits per heavy atom. The van der Waals surface area contributed by atoms with Gasteiger partial charge in [0.05, 0.1) is 23.3 Å². The summed E-state index contributed by atoms with van der Waals surface area (Å²) in [6, 6.07) is 16.9. The fraction of sp³-hybridized carbons (Fsp3) is 0.222. The highest BCUT2D eigenvalue weighted by Gasteiger charge is 2.34. The second-order valence-electron chi connectivity index (χ2n) is 6.05. The Morgan fingerprint density at radius 1 is 0.920 bits per heavy atom. The second kappa shape index (κ2) is 6.42. The van der Waals surface area contributed by atoms with Crippen LogP contribution in [0.4, 0.5) is 0 Å². The van der Waals surface area contributed by atoms with Gasteiger partial charge in [0.1, 0.15) is 0 Å². The molecule has 1 unspecified atom stereocenters. The molecule has 0 radical (unpaired) electrons. The van der Waals surface area contributed by atoms with Gasteiger partial charge in [-0.25, -0.2) is 8.42 Å². The standard InChI is InChI=1S/C18H18N4O2S/c23-25(24,21-12-9-17(14-21)22-19-10-11-20-22)18-8-4-7-16(13-18)15-5-2-1-3-6-15/h1-8,10-11,13,17H,9,12,14H2. The third-order valence-electron chi connectivity index (χ3n) is 4.47. The molecule has 0 aliphatic carbocycles. The second-order valence-corrected chi connectivity index (χ2v) is 7.99. The van der Waals surface area contributed by atoms with Crippen LogP contribution < -0.4 is 0 Å². The molecular formula is C18H18N4O2S. The van der Waals surface area contributed by atoms with Crippen molar-refractivity contribution in [2.75, 3.05) is 13.1 Å². The summed E-state index contributed by atoms with van der Waals surface area (Å²) in [6.45, 7) is 0.872. The molecule has 1 atom stereocenters. The summed E-state index contributed by atoms with van der Waals surface area (Å²) in [5, 5.41) is 8.25. The zero-order valence-electron chi connectivity index (χ0n) is 13.6. The first kappa shape index (κ1) is 16.0. The normalized spacial score (nSPS) is 18.5. The van der Waals surface area contributed by atoms with Crippen molar-refractivity contribution < 1.29 is 8.42 Å². The van der Waals surface area contributed by atoms with Crippen molar-refractivity contribution in [1.82, 2.24) is 19.3 Å². The smallest absolute Gasteiger partial charge is 0.207 e. The van der Waals surface area contributed by atoms with Crippen LogP contribution in [0.1, 0.15) is 12.5 Å². The summed E-state index contributed by atoms with van der Waals surface area (Å²) in [5.41, 5.74) is 1.89. The van der Waals surface area contributed by atoms with Crippen molar-refractivity contribution in [1.29, 1.82) is 0 Å². The van der Waals surface area contributed by atoms with Gasteiger partial charge in [0.2, 0.25) is 10.0 Å². The molecule has 2 aromatic carbocycles. The number of hydrogen-bond acceptors (Lipinski definition) is 4. The van der Waals surface area contributed by atoms with Gasteiger partial charge in [-0.1, -0.05) is 42.5 Å². The van der Waals surface area contributed by atoms with Crippen molar-refractivity contribution in [3.8, 4) is 11.1 Å². The van der Waals surface area contributed by atoms with Gasteiger partial charge in [-0.2, -0.15) is 19.3 Å². The molecule has 25 heavy (non-hydrogen) atoms. The summed E-state index contributed by atoms with van der Waals surface area (Å²) in [4.78, 5) is 1.92. The Balaban J connectivity index is 1.61. The Labute approximate surface area is 146 Å². The van der Waals surface area contributed by atoms with Gasteiger partial charge >= 0.3 is 0 Å². The van der Waals surface area contributed by atoms with E-state index in [9.17, 15) is 8.42 Å². The van der Waals surface area contributed by atoms with Gasteiger partial charge in [-0.15, -0.1) is 0 Å². The highest BCUT2D eigenvalue weighted by atomic mass is 32.2. The van der Waals surface area contributed by atoms with Gasteiger partial charge in [-0.3, -0.25) is 0 Å². The number of aromatic nitrogens is 3. The lowest BCUT2D eigenvalue weighted by molar-refractivity contribution is 0.402. The van der Waals surface area contributed by atoms with E-state index >= 15 is 0 Å². The van der Waals surface area contributed by atoms with E-state index in [1.807, 2.05) is 36.4 Å². The van der Waals surface area contributed by atoms with E-state index in [0.29, 0.717) is 24.4 Å². The minimum absolute atomic E-state index is 0.0120. The third-order valence-corrected chi connectivity index (χ3v) is 6.33. The average molecular weight is 354 g/mol. The number of hydrogen-bond donors (Lipinski definition) is 0. The van der Waals surface area contributed by atoms with E-state index in [-0.39, 0.29) is 6.04 Å². The molecule has 0 N–H and O–H groups in total. The largest absolute Gasteiger partial charge is 0.243 e. The lowest BCUT2D eigenvalue weighted by atomic mass is 10.1. The molecule has 1 aliphatic heterocycles. The van der Waals surface area contributed by atoms with Gasteiger partial charge in [-0.05, 0) is 29.7 Å². The lowest BCUT2D eigenvalue weighted by Crippen LogP contribution is -2.29. The van der Waals surface area contributed by atoms with E-state index < -0.39 is 10.0 Å². The van der Waals surface area contributed by atoms with E-state index in [1.54, 1.807) is 35.4 Å². The topological polar surface area (TPSA) is 68.1 Å². The van der Waals surface area contributed by atoms with Crippen molar-refractivity contribution in [3.05, 3.63) is 67.0 Å². The predicted molar refractivity (Wildman–Crippen MR) is 94.3 cm³/mol. The molecule has 0 bridgehead atoms. The van der Waals surface area contributed by atoms with E-state index in [1.165, 1.54) is 4.31 Å². The molecule has 4 rings (SSSR count). The summed E-state index contributed by atoms with van der Waals surface area (Å²) in [7, 11) is -3.53. The van der Waals surface area contributed by atoms with Crippen molar-refractivity contribution in [2.24, 2.45) is 0 Å². The quantitative estimate of drug-likeness (QED) is 0.722. The Hall–Kier alpha value is -2.51. The van der Waals surface area contributed by atoms with Gasteiger partial charge in [0, 0.05) is 13.1 Å². The maximum Gasteiger partial charge on any atom is 0.243 e. The number of benzene rings is 2. The minimum atomic E-state index is -3.53. The summed E-state index contributed by atoms with van der Waals surface area (Å²) >= 11 is 0. The van der Waals surface area contributed by atoms with Crippen LogP contribution in [0.25, 0.3) is 11.1 Å². The number of nitrogens with zero attached hydrogens (tertiary/aromatic N) is 4. The fourth-order valence-corrected chi connectivity index (χ4v) is 4.69. The average Bonchev–Trinajstić information content (AvgIpc) is 3.34. The highest BCUT2D eigenvalue weighted by Crippen LogP contribution is 2.28. The Morgan fingerprint density at radius 2 is 1.64 bits per heavy atom. The van der Waals surface area contributed by atoms with Crippen molar-refractivity contribution in [2.45, 2.75) is 17.4 Å². The lowest BCUT2D eigenvalue weighted by Gasteiger charge is -2.17. The monoisotopic (exact) mass is 354 g/mol. The molecule has 1 aromatic heterocycles. The molecule has 0 spiro atoms. The first-order valence-electron chi connectivity index (χ1n) is 8.16. The fourth-order valence-electron chi connectivity index (χ4n) is 3.15. The minimum Gasteiger partial charge on any atom is -0.207 e. The predicted octanol–water partition coefficient (Wildman–Crippen LogP) is 2.58. The van der Waals surface area contributed by atoms with Gasteiger partial charge in [0.15, 0.2) is 0 Å². The first-order valence-corrected chi connectivity index (χ1v) is 9.60. The summed E-state index contributed by atoms with van der Waals surface area (Å²) in [5.74, 6) is 0. The van der Waals surface area contributed by atoms with Crippen molar-refractivity contribution in [3.63, 3.8) is 0 Å². The first-order chi connectivity index (χ1) is 12.1. The SMILES string of the molecule is O=S(=O)(c1cccc(-c2ccccc2)c1)N1CCC(n2nccn2)C1. The molecule has 0 amide bonds. The molecule has 3 aromatic rings. The number of sulfonamides is 1. The highest BCUT2D eigenvalue weighted by molar-refractivity contribution is 7.89. The molecule has 1 saturated heterocycles. The van der Waals surface area contributed by atoms with Crippen LogP contribution in [0.3, 0.4) is 0 Å². The van der Waals surface area contributed by atoms with Crippen LogP contribution in [-0.2, 0) is 10.0 Å². The van der Waals surface area contributed by atoms with E-state index in [4.69, 9.17) is 0 Å². The molecule has 2 heterocycles. The molecule has 0 saturated carbocycles. The van der Waals surface area contributed by atoms with Gasteiger partial charge < -0.3 is 0 Å². The molecule has 7 heteroatoms. The zero-order chi connectivity index (χ0) is 17.3. The van der Waals surface area contributed by atoms with Crippen LogP contribution in [0.15, 0.2) is 71.9 Å². The molecule has 1 fully saturated rings. The van der Waals surface area contributed by atoms with Crippen molar-refractivity contribution >= 4 is 10.0 Å². The van der Waals surface area contributed by atoms with Gasteiger partial charge in [0.25, 0.3) is 0 Å². The molecule has 128 valence electrons. The maximum atomic E-state index is 13.0. The summed E-state index contributed by atoms with van der Waals surface area (Å²) in [6.07, 6.45) is 3.94. The molecular weight excluding hydrogens is 336 g/mol. The Kier molecular flexibility index (Phi) is 4.10. The maximum absolute atomic E-state index is 13.0.